The summed E-state index contributed by atoms with van der Waals surface area (Å²) in [4.78, 5) is 11.0. The van der Waals surface area contributed by atoms with Crippen molar-refractivity contribution in [2.75, 3.05) is 11.9 Å². The Bertz CT molecular complexity index is 193. The van der Waals surface area contributed by atoms with Gasteiger partial charge in [0.15, 0.2) is 0 Å². The van der Waals surface area contributed by atoms with E-state index in [4.69, 9.17) is 0 Å². The summed E-state index contributed by atoms with van der Waals surface area (Å²) in [5.74, 6) is 0. The number of hydrogen-bond donors (Lipinski definition) is 1. The Morgan fingerprint density at radius 1 is 1.50 bits per heavy atom. The third-order valence-electron chi connectivity index (χ3n) is 0.921. The Morgan fingerprint density at radius 2 is 2.00 bits per heavy atom. The summed E-state index contributed by atoms with van der Waals surface area (Å²) in [5, 5.41) is 0.620. The highest BCUT2D eigenvalue weighted by molar-refractivity contribution is 9.12. The van der Waals surface area contributed by atoms with E-state index in [2.05, 4.69) is 40.9 Å². The van der Waals surface area contributed by atoms with E-state index in [0.29, 0.717) is 5.33 Å². The molecule has 2 unspecified atom stereocenters. The minimum atomic E-state index is -4.12. The molecule has 4 N–H and O–H groups in total. The summed E-state index contributed by atoms with van der Waals surface area (Å²) in [6.07, 6.45) is -0.388. The van der Waals surface area contributed by atoms with Gasteiger partial charge in [-0.2, -0.15) is 0 Å². The van der Waals surface area contributed by atoms with Crippen LogP contribution in [0.5, 0.6) is 0 Å². The molecule has 2 atom stereocenters. The molecule has 0 aromatic rings. The van der Waals surface area contributed by atoms with Crippen LogP contribution in [0.25, 0.3) is 0 Å². The van der Waals surface area contributed by atoms with Crippen molar-refractivity contribution in [1.82, 2.24) is 6.15 Å². The van der Waals surface area contributed by atoms with Gasteiger partial charge in [0.05, 0.1) is 12.7 Å². The normalized spacial score (nSPS) is 17.3. The van der Waals surface area contributed by atoms with Crippen LogP contribution < -0.4 is 11.0 Å². The van der Waals surface area contributed by atoms with Gasteiger partial charge in [-0.3, -0.25) is 4.57 Å². The molecule has 14 heavy (non-hydrogen) atoms. The van der Waals surface area contributed by atoms with Gasteiger partial charge in [0.25, 0.3) is 7.82 Å². The first kappa shape index (κ1) is 17.4. The number of quaternary nitrogens is 1. The Morgan fingerprint density at radius 3 is 2.36 bits per heavy atom. The molecule has 0 saturated heterocycles. The number of alkyl halides is 2. The molecule has 0 amide bonds. The van der Waals surface area contributed by atoms with Crippen molar-refractivity contribution in [3.05, 3.63) is 0 Å². The van der Waals surface area contributed by atoms with E-state index < -0.39 is 7.82 Å². The monoisotopic (exact) mass is 355 g/mol. The van der Waals surface area contributed by atoms with E-state index in [9.17, 15) is 9.46 Å². The number of halogens is 2. The van der Waals surface area contributed by atoms with E-state index in [1.54, 1.807) is 13.8 Å². The van der Waals surface area contributed by atoms with Crippen molar-refractivity contribution < 1.29 is 18.5 Å². The lowest BCUT2D eigenvalue weighted by molar-refractivity contribution is -0.228. The van der Waals surface area contributed by atoms with E-state index >= 15 is 0 Å². The predicted molar refractivity (Wildman–Crippen MR) is 62.3 cm³/mol. The molecule has 0 rings (SSSR count). The van der Waals surface area contributed by atoms with Gasteiger partial charge in [-0.25, -0.2) is 0 Å². The fourth-order valence-electron chi connectivity index (χ4n) is 0.505. The predicted octanol–water partition coefficient (Wildman–Crippen LogP) is 2.43. The third-order valence-corrected chi connectivity index (χ3v) is 4.30. The molecule has 5 nitrogen and oxygen atoms in total. The second-order valence-electron chi connectivity index (χ2n) is 2.65. The average molecular weight is 357 g/mol. The van der Waals surface area contributed by atoms with Gasteiger partial charge in [-0.05, 0) is 13.8 Å². The summed E-state index contributed by atoms with van der Waals surface area (Å²) >= 11 is 6.38. The van der Waals surface area contributed by atoms with Crippen LogP contribution in [0, 0.1) is 0 Å². The SMILES string of the molecule is CC(C)OP(=O)([O-])OCC(Br)CBr.[NH4+]. The van der Waals surface area contributed by atoms with Gasteiger partial charge in [-0.15, -0.1) is 0 Å². The lowest BCUT2D eigenvalue weighted by Crippen LogP contribution is -2.17. The van der Waals surface area contributed by atoms with E-state index in [1.165, 1.54) is 0 Å². The zero-order valence-corrected chi connectivity index (χ0v) is 12.5. The van der Waals surface area contributed by atoms with E-state index in [-0.39, 0.29) is 23.7 Å². The summed E-state index contributed by atoms with van der Waals surface area (Å²) in [6, 6.07) is 0. The first-order valence-corrected chi connectivity index (χ1v) is 7.21. The first-order valence-electron chi connectivity index (χ1n) is 3.71. The van der Waals surface area contributed by atoms with Crippen molar-refractivity contribution in [2.45, 2.75) is 24.8 Å². The van der Waals surface area contributed by atoms with Crippen LogP contribution in [-0.2, 0) is 13.6 Å². The van der Waals surface area contributed by atoms with E-state index in [1.807, 2.05) is 0 Å². The molecule has 88 valence electrons. The Balaban J connectivity index is 0. The molecule has 0 radical (unpaired) electrons. The maximum Gasteiger partial charge on any atom is 0.268 e. The molecule has 0 aromatic heterocycles. The first-order chi connectivity index (χ1) is 5.87. The number of phosphoric ester groups is 1. The van der Waals surface area contributed by atoms with Crippen LogP contribution in [0.4, 0.5) is 0 Å². The van der Waals surface area contributed by atoms with Crippen LogP contribution in [0.1, 0.15) is 13.8 Å². The molecular formula is C6H16Br2NO4P. The fourth-order valence-corrected chi connectivity index (χ4v) is 1.97. The van der Waals surface area contributed by atoms with Crippen molar-refractivity contribution >= 4 is 39.7 Å². The fraction of sp³-hybridized carbons (Fsp3) is 1.00. The van der Waals surface area contributed by atoms with Gasteiger partial charge in [0.1, 0.15) is 0 Å². The van der Waals surface area contributed by atoms with Crippen molar-refractivity contribution in [1.29, 1.82) is 0 Å². The molecule has 0 heterocycles. The summed E-state index contributed by atoms with van der Waals surface area (Å²) in [6.45, 7) is 3.33. The highest BCUT2D eigenvalue weighted by atomic mass is 79.9. The van der Waals surface area contributed by atoms with Crippen LogP contribution >= 0.6 is 39.7 Å². The van der Waals surface area contributed by atoms with Crippen LogP contribution in [0.15, 0.2) is 0 Å². The second-order valence-corrected chi connectivity index (χ2v) is 5.95. The molecule has 0 aliphatic heterocycles. The van der Waals surface area contributed by atoms with Gasteiger partial charge in [-0.1, -0.05) is 31.9 Å². The Kier molecular flexibility index (Phi) is 10.2. The van der Waals surface area contributed by atoms with Crippen LogP contribution in [0.2, 0.25) is 0 Å². The van der Waals surface area contributed by atoms with Gasteiger partial charge in [0, 0.05) is 10.2 Å². The molecular weight excluding hydrogens is 341 g/mol. The van der Waals surface area contributed by atoms with Crippen LogP contribution in [-0.4, -0.2) is 22.9 Å². The molecule has 0 aliphatic carbocycles. The Labute approximate surface area is 101 Å². The lowest BCUT2D eigenvalue weighted by Gasteiger charge is -2.25. The summed E-state index contributed by atoms with van der Waals surface area (Å²) in [7, 11) is -4.12. The van der Waals surface area contributed by atoms with Gasteiger partial charge < -0.3 is 20.1 Å². The van der Waals surface area contributed by atoms with Gasteiger partial charge in [0.2, 0.25) is 0 Å². The maximum absolute atomic E-state index is 11.0. The van der Waals surface area contributed by atoms with Crippen LogP contribution in [0.3, 0.4) is 0 Å². The highest BCUT2D eigenvalue weighted by Gasteiger charge is 2.13. The average Bonchev–Trinajstić information content (AvgIpc) is 1.98. The molecule has 0 aromatic carbocycles. The smallest absolute Gasteiger partial charge is 0.268 e. The van der Waals surface area contributed by atoms with Crippen molar-refractivity contribution in [2.24, 2.45) is 0 Å². The van der Waals surface area contributed by atoms with E-state index in [0.717, 1.165) is 0 Å². The minimum Gasteiger partial charge on any atom is -0.756 e. The topological polar surface area (TPSA) is 95.1 Å². The molecule has 0 aliphatic rings. The Hall–Kier alpha value is 1.03. The molecule has 0 bridgehead atoms. The molecule has 0 fully saturated rings. The number of rotatable bonds is 6. The third kappa shape index (κ3) is 9.58. The highest BCUT2D eigenvalue weighted by Crippen LogP contribution is 2.40. The maximum atomic E-state index is 11.0. The zero-order chi connectivity index (χ0) is 10.5. The van der Waals surface area contributed by atoms with Crippen molar-refractivity contribution in [3.63, 3.8) is 0 Å². The molecule has 0 saturated carbocycles. The van der Waals surface area contributed by atoms with Gasteiger partial charge >= 0.3 is 0 Å². The van der Waals surface area contributed by atoms with Crippen molar-refractivity contribution in [3.8, 4) is 0 Å². The number of hydrogen-bond acceptors (Lipinski definition) is 4. The minimum absolute atomic E-state index is 0. The quantitative estimate of drug-likeness (QED) is 0.584. The zero-order valence-electron chi connectivity index (χ0n) is 8.41. The molecule has 0 spiro atoms. The summed E-state index contributed by atoms with van der Waals surface area (Å²) in [5.41, 5.74) is 0. The largest absolute Gasteiger partial charge is 0.756 e. The lowest BCUT2D eigenvalue weighted by atomic mass is 10.5. The second kappa shape index (κ2) is 8.21. The summed E-state index contributed by atoms with van der Waals surface area (Å²) < 4.78 is 20.2. The number of phosphoric acid groups is 1. The standard InChI is InChI=1S/C6H13Br2O4P.H3N/c1-5(2)12-13(9,10)11-4-6(8)3-7;/h5-6H,3-4H2,1-2H3,(H,9,10);1H3. The molecule has 8 heteroatoms.